The maximum Gasteiger partial charge on any atom is 0.0701 e. The fourth-order valence-electron chi connectivity index (χ4n) is 10.4. The minimum atomic E-state index is 0.0140. The summed E-state index contributed by atoms with van der Waals surface area (Å²) in [5, 5.41) is 8.63. The first-order chi connectivity index (χ1) is 72.9. The Morgan fingerprint density at radius 1 is 0.0685 bits per heavy atom. The Morgan fingerprint density at radius 2 is 0.110 bits per heavy atom. The lowest BCUT2D eigenvalue weighted by Gasteiger charge is -2.09. The molecule has 0 aromatic carbocycles. The third kappa shape index (κ3) is 142. The fourth-order valence-corrected chi connectivity index (χ4v) is 10.4. The summed E-state index contributed by atoms with van der Waals surface area (Å²) in [5.74, 6) is 0. The third-order valence-corrected chi connectivity index (χ3v) is 17.8. The van der Waals surface area contributed by atoms with Gasteiger partial charge in [0.05, 0.1) is 634 Å². The minimum Gasteiger partial charge on any atom is -0.394 e. The van der Waals surface area contributed by atoms with Crippen LogP contribution in [0.5, 0.6) is 0 Å². The first kappa shape index (κ1) is 144. The molecule has 0 radical (unpaired) electrons. The lowest BCUT2D eigenvalue weighted by molar-refractivity contribution is -0.0330. The zero-order valence-electron chi connectivity index (χ0n) is 88.9. The molecule has 0 bridgehead atoms. The largest absolute Gasteiger partial charge is 0.394 e. The molecule has 1 N–H and O–H groups in total. The van der Waals surface area contributed by atoms with Gasteiger partial charge in [-0.05, 0) is 0 Å². The number of hydrogen-bond donors (Lipinski definition) is 1. The van der Waals surface area contributed by atoms with Gasteiger partial charge >= 0.3 is 0 Å². The standard InChI is InChI=1S/C97H196O49/c1-99-4-5-101-8-9-103-12-13-105-16-17-107-20-21-109-24-25-111-28-29-113-32-33-115-36-37-117-40-41-119-44-45-121-48-49-123-52-53-125-56-57-127-60-61-129-64-65-131-68-69-133-72-73-135-76-77-137-80-81-139-84-85-141-88-89-143-92-93-145-96-97-146-95-94-144-91-90-142-87-86-140-83-82-138-79-78-136-75-74-134-71-70-132-67-66-130-63-62-128-59-58-126-55-54-124-51-50-122-47-46-120-43-42-118-39-38-116-35-34-114-31-30-112-27-26-110-23-22-108-19-18-106-15-14-104-11-10-102-7-6-100-3-2-98/h98H,2-97H2,1H3. The molecular weight excluding hydrogens is 1950 g/mol. The van der Waals surface area contributed by atoms with Crippen molar-refractivity contribution in [3.05, 3.63) is 0 Å². The lowest BCUT2D eigenvalue weighted by atomic mass is 10.6. The molecule has 0 spiro atoms. The van der Waals surface area contributed by atoms with Crippen LogP contribution >= 0.6 is 0 Å². The van der Waals surface area contributed by atoms with Gasteiger partial charge in [-0.1, -0.05) is 0 Å². The molecule has 0 rings (SSSR count). The number of methoxy groups -OCH3 is 1. The zero-order chi connectivity index (χ0) is 104. The molecule has 0 amide bonds. The monoisotopic (exact) mass is 2150 g/mol. The van der Waals surface area contributed by atoms with Gasteiger partial charge in [0.15, 0.2) is 0 Å². The van der Waals surface area contributed by atoms with Crippen LogP contribution in [0.2, 0.25) is 0 Å². The van der Waals surface area contributed by atoms with E-state index in [-0.39, 0.29) is 6.61 Å². The zero-order valence-corrected chi connectivity index (χ0v) is 88.9. The average Bonchev–Trinajstić information content (AvgIpc) is 1.11. The van der Waals surface area contributed by atoms with Gasteiger partial charge in [-0.25, -0.2) is 0 Å². The molecular formula is C97H196O49. The van der Waals surface area contributed by atoms with Crippen LogP contribution in [-0.4, -0.2) is 646 Å². The Balaban J connectivity index is 3.11. The van der Waals surface area contributed by atoms with Crippen LogP contribution in [-0.2, 0) is 227 Å². The normalized spacial score (nSPS) is 11.9. The molecule has 0 heterocycles. The molecule has 0 saturated carbocycles. The second kappa shape index (κ2) is 143. The maximum absolute atomic E-state index is 8.63. The first-order valence-corrected chi connectivity index (χ1v) is 52.1. The molecule has 0 unspecified atom stereocenters. The topological polar surface area (TPSA) is 463 Å². The summed E-state index contributed by atoms with van der Waals surface area (Å²) in [6.45, 7) is 45.6. The van der Waals surface area contributed by atoms with Gasteiger partial charge in [0.1, 0.15) is 0 Å². The van der Waals surface area contributed by atoms with Gasteiger partial charge in [-0.15, -0.1) is 0 Å². The molecule has 0 saturated heterocycles. The first-order valence-electron chi connectivity index (χ1n) is 52.1. The number of aliphatic hydroxyl groups is 1. The maximum atomic E-state index is 8.63. The van der Waals surface area contributed by atoms with Crippen molar-refractivity contribution in [2.24, 2.45) is 0 Å². The van der Waals surface area contributed by atoms with Crippen molar-refractivity contribution >= 4 is 0 Å². The van der Waals surface area contributed by atoms with Crippen molar-refractivity contribution in [2.45, 2.75) is 0 Å². The Morgan fingerprint density at radius 3 is 0.151 bits per heavy atom. The number of rotatable bonds is 143. The molecule has 0 aromatic heterocycles. The van der Waals surface area contributed by atoms with Crippen molar-refractivity contribution in [1.82, 2.24) is 0 Å². The van der Waals surface area contributed by atoms with Crippen LogP contribution in [0.3, 0.4) is 0 Å². The molecule has 49 nitrogen and oxygen atoms in total. The van der Waals surface area contributed by atoms with Gasteiger partial charge < -0.3 is 232 Å². The van der Waals surface area contributed by atoms with Crippen LogP contribution in [0, 0.1) is 0 Å². The molecule has 0 aromatic rings. The predicted octanol–water partition coefficient (Wildman–Crippen LogP) is 0.405. The second-order valence-corrected chi connectivity index (χ2v) is 29.5. The average molecular weight is 2150 g/mol. The molecule has 0 atom stereocenters. The Bertz CT molecular complexity index is 1850. The van der Waals surface area contributed by atoms with Crippen molar-refractivity contribution in [2.75, 3.05) is 641 Å². The number of hydrogen-bond acceptors (Lipinski definition) is 49. The molecule has 0 aliphatic heterocycles. The molecule has 878 valence electrons. The van der Waals surface area contributed by atoms with Gasteiger partial charge in [0, 0.05) is 7.11 Å². The smallest absolute Gasteiger partial charge is 0.0701 e. The third-order valence-electron chi connectivity index (χ3n) is 17.8. The van der Waals surface area contributed by atoms with E-state index in [9.17, 15) is 0 Å². The van der Waals surface area contributed by atoms with E-state index < -0.39 is 0 Å². The highest BCUT2D eigenvalue weighted by molar-refractivity contribution is 4.50. The van der Waals surface area contributed by atoms with Gasteiger partial charge in [0.2, 0.25) is 0 Å². The molecule has 49 heteroatoms. The van der Waals surface area contributed by atoms with Crippen LogP contribution in [0.25, 0.3) is 0 Å². The van der Waals surface area contributed by atoms with E-state index in [4.69, 9.17) is 232 Å². The van der Waals surface area contributed by atoms with Crippen LogP contribution < -0.4 is 0 Å². The van der Waals surface area contributed by atoms with E-state index in [0.29, 0.717) is 628 Å². The van der Waals surface area contributed by atoms with Gasteiger partial charge in [0.25, 0.3) is 0 Å². The summed E-state index contributed by atoms with van der Waals surface area (Å²) in [6.07, 6.45) is 0. The number of ether oxygens (including phenoxy) is 48. The summed E-state index contributed by atoms with van der Waals surface area (Å²) in [6, 6.07) is 0. The van der Waals surface area contributed by atoms with Crippen LogP contribution in [0.1, 0.15) is 0 Å². The SMILES string of the molecule is COCCOCCOCCOCCOCCOCCOCCOCCOCCOCCOCCOCCOCCOCCOCCOCCOCCOCCOCCOCCOCCOCCOCCOCCOCCOCCOCCOCCOCCOCCOCCOCCOCCOCCOCCOCCOCCOCCOCCOCCOCCOCCOCCOCCOCCOCCOCCOCCO. The van der Waals surface area contributed by atoms with E-state index in [1.807, 2.05) is 0 Å². The predicted molar refractivity (Wildman–Crippen MR) is 527 cm³/mol. The van der Waals surface area contributed by atoms with Crippen molar-refractivity contribution < 1.29 is 232 Å². The summed E-state index contributed by atoms with van der Waals surface area (Å²) in [4.78, 5) is 0. The lowest BCUT2D eigenvalue weighted by Crippen LogP contribution is -2.16. The van der Waals surface area contributed by atoms with Crippen molar-refractivity contribution in [3.63, 3.8) is 0 Å². The van der Waals surface area contributed by atoms with E-state index in [0.717, 1.165) is 0 Å². The Kier molecular flexibility index (Phi) is 141. The number of aliphatic hydroxyl groups excluding tert-OH is 1. The van der Waals surface area contributed by atoms with Crippen LogP contribution in [0.4, 0.5) is 0 Å². The highest BCUT2D eigenvalue weighted by atomic mass is 16.7. The summed E-state index contributed by atoms with van der Waals surface area (Å²) in [7, 11) is 1.64. The molecule has 0 aliphatic carbocycles. The Labute approximate surface area is 870 Å². The quantitative estimate of drug-likeness (QED) is 0.0806. The van der Waals surface area contributed by atoms with E-state index in [2.05, 4.69) is 0 Å². The summed E-state index contributed by atoms with van der Waals surface area (Å²) >= 11 is 0. The fraction of sp³-hybridized carbons (Fsp3) is 1.00. The van der Waals surface area contributed by atoms with E-state index in [1.54, 1.807) is 7.11 Å². The second-order valence-electron chi connectivity index (χ2n) is 29.5. The molecule has 0 fully saturated rings. The van der Waals surface area contributed by atoms with Crippen LogP contribution in [0.15, 0.2) is 0 Å². The van der Waals surface area contributed by atoms with Gasteiger partial charge in [-0.2, -0.15) is 0 Å². The van der Waals surface area contributed by atoms with Gasteiger partial charge in [-0.3, -0.25) is 0 Å². The molecule has 0 aliphatic rings. The Hall–Kier alpha value is -1.96. The van der Waals surface area contributed by atoms with E-state index in [1.165, 1.54) is 0 Å². The van der Waals surface area contributed by atoms with E-state index >= 15 is 0 Å². The highest BCUT2D eigenvalue weighted by Crippen LogP contribution is 1.98. The summed E-state index contributed by atoms with van der Waals surface area (Å²) in [5.41, 5.74) is 0. The molecule has 146 heavy (non-hydrogen) atoms. The highest BCUT2D eigenvalue weighted by Gasteiger charge is 2.07. The summed E-state index contributed by atoms with van der Waals surface area (Å²) < 4.78 is 264. The van der Waals surface area contributed by atoms with Crippen molar-refractivity contribution in [1.29, 1.82) is 0 Å². The minimum absolute atomic E-state index is 0.0140. The van der Waals surface area contributed by atoms with Crippen molar-refractivity contribution in [3.8, 4) is 0 Å².